The van der Waals surface area contributed by atoms with Crippen LogP contribution in [0.5, 0.6) is 5.75 Å². The molecule has 8 heteroatoms. The fourth-order valence-corrected chi connectivity index (χ4v) is 4.20. The highest BCUT2D eigenvalue weighted by Crippen LogP contribution is 2.39. The molecule has 0 radical (unpaired) electrons. The SMILES string of the molecule is CN=C(NCc1ccc(N2CCOCC2)c(F)c1)NC1CC(C)(C)Oc2ccccc21.I. The number of ether oxygens (including phenoxy) is 2. The third-order valence-electron chi connectivity index (χ3n) is 5.73. The molecule has 2 aliphatic heterocycles. The van der Waals surface area contributed by atoms with Gasteiger partial charge in [-0.25, -0.2) is 4.39 Å². The monoisotopic (exact) mass is 554 g/mol. The molecule has 2 aliphatic rings. The Hall–Kier alpha value is -2.07. The van der Waals surface area contributed by atoms with Gasteiger partial charge in [-0.05, 0) is 37.6 Å². The molecule has 32 heavy (non-hydrogen) atoms. The van der Waals surface area contributed by atoms with Crippen molar-refractivity contribution in [2.75, 3.05) is 38.3 Å². The second-order valence-corrected chi connectivity index (χ2v) is 8.61. The van der Waals surface area contributed by atoms with E-state index in [0.717, 1.165) is 23.3 Å². The Labute approximate surface area is 206 Å². The van der Waals surface area contributed by atoms with Crippen molar-refractivity contribution in [2.45, 2.75) is 38.5 Å². The molecule has 4 rings (SSSR count). The first kappa shape index (κ1) is 24.6. The Morgan fingerprint density at radius 1 is 1.19 bits per heavy atom. The molecule has 6 nitrogen and oxygen atoms in total. The number of fused-ring (bicyclic) bond motifs is 1. The number of hydrogen-bond donors (Lipinski definition) is 2. The Morgan fingerprint density at radius 2 is 1.94 bits per heavy atom. The summed E-state index contributed by atoms with van der Waals surface area (Å²) in [5.74, 6) is 1.37. The summed E-state index contributed by atoms with van der Waals surface area (Å²) in [7, 11) is 1.74. The van der Waals surface area contributed by atoms with E-state index in [9.17, 15) is 4.39 Å². The lowest BCUT2D eigenvalue weighted by molar-refractivity contribution is 0.0694. The summed E-state index contributed by atoms with van der Waals surface area (Å²) in [4.78, 5) is 6.40. The number of benzene rings is 2. The van der Waals surface area contributed by atoms with E-state index in [1.165, 1.54) is 0 Å². The zero-order chi connectivity index (χ0) is 21.8. The molecule has 1 saturated heterocycles. The smallest absolute Gasteiger partial charge is 0.191 e. The zero-order valence-electron chi connectivity index (χ0n) is 18.9. The summed E-state index contributed by atoms with van der Waals surface area (Å²) >= 11 is 0. The number of nitrogens with zero attached hydrogens (tertiary/aromatic N) is 2. The average Bonchev–Trinajstić information content (AvgIpc) is 2.76. The minimum absolute atomic E-state index is 0. The lowest BCUT2D eigenvalue weighted by Crippen LogP contribution is -2.45. The Balaban J connectivity index is 0.00000289. The summed E-state index contributed by atoms with van der Waals surface area (Å²) < 4.78 is 26.2. The van der Waals surface area contributed by atoms with Crippen LogP contribution in [0.25, 0.3) is 0 Å². The number of nitrogens with one attached hydrogen (secondary N) is 2. The summed E-state index contributed by atoms with van der Waals surface area (Å²) in [6.45, 7) is 7.36. The fraction of sp³-hybridized carbons (Fsp3) is 0.458. The minimum Gasteiger partial charge on any atom is -0.487 e. The normalized spacial score (nSPS) is 19.9. The molecule has 1 atom stereocenters. The van der Waals surface area contributed by atoms with Gasteiger partial charge in [0.15, 0.2) is 5.96 Å². The summed E-state index contributed by atoms with van der Waals surface area (Å²) in [6.07, 6.45) is 0.813. The van der Waals surface area contributed by atoms with E-state index in [1.807, 2.05) is 35.2 Å². The van der Waals surface area contributed by atoms with Gasteiger partial charge in [-0.1, -0.05) is 24.3 Å². The number of aliphatic imine (C=N–C) groups is 1. The molecule has 2 aromatic rings. The molecule has 1 unspecified atom stereocenters. The fourth-order valence-electron chi connectivity index (χ4n) is 4.20. The highest BCUT2D eigenvalue weighted by atomic mass is 127. The highest BCUT2D eigenvalue weighted by Gasteiger charge is 2.34. The third-order valence-corrected chi connectivity index (χ3v) is 5.73. The van der Waals surface area contributed by atoms with E-state index < -0.39 is 0 Å². The Morgan fingerprint density at radius 3 is 2.66 bits per heavy atom. The molecule has 1 fully saturated rings. The summed E-state index contributed by atoms with van der Waals surface area (Å²) in [5.41, 5.74) is 2.34. The molecule has 0 bridgehead atoms. The Bertz CT molecular complexity index is 947. The van der Waals surface area contributed by atoms with Gasteiger partial charge in [0.1, 0.15) is 17.2 Å². The molecule has 174 valence electrons. The number of halogens is 2. The quantitative estimate of drug-likeness (QED) is 0.337. The Kier molecular flexibility index (Phi) is 8.21. The standard InChI is InChI=1S/C24H31FN4O2.HI/c1-24(2)15-20(18-6-4-5-7-22(18)31-24)28-23(26-3)27-16-17-8-9-21(19(25)14-17)29-10-12-30-13-11-29;/h4-9,14,20H,10-13,15-16H2,1-3H3,(H2,26,27,28);1H. The lowest BCUT2D eigenvalue weighted by atomic mass is 9.90. The van der Waals surface area contributed by atoms with Crippen molar-refractivity contribution >= 4 is 35.6 Å². The van der Waals surface area contributed by atoms with Crippen LogP contribution >= 0.6 is 24.0 Å². The van der Waals surface area contributed by atoms with Crippen LogP contribution in [0.1, 0.15) is 37.4 Å². The van der Waals surface area contributed by atoms with Gasteiger partial charge >= 0.3 is 0 Å². The van der Waals surface area contributed by atoms with E-state index in [-0.39, 0.29) is 41.4 Å². The largest absolute Gasteiger partial charge is 0.487 e. The van der Waals surface area contributed by atoms with Gasteiger partial charge in [0.05, 0.1) is 24.9 Å². The maximum atomic E-state index is 14.7. The average molecular weight is 554 g/mol. The summed E-state index contributed by atoms with van der Waals surface area (Å²) in [5, 5.41) is 6.82. The van der Waals surface area contributed by atoms with E-state index in [0.29, 0.717) is 44.5 Å². The number of para-hydroxylation sites is 1. The second-order valence-electron chi connectivity index (χ2n) is 8.61. The van der Waals surface area contributed by atoms with Gasteiger partial charge in [0, 0.05) is 38.7 Å². The molecule has 0 aliphatic carbocycles. The predicted molar refractivity (Wildman–Crippen MR) is 137 cm³/mol. The first-order chi connectivity index (χ1) is 14.9. The highest BCUT2D eigenvalue weighted by molar-refractivity contribution is 14.0. The van der Waals surface area contributed by atoms with Crippen molar-refractivity contribution in [1.29, 1.82) is 0 Å². The van der Waals surface area contributed by atoms with Crippen LogP contribution in [0.15, 0.2) is 47.5 Å². The number of guanidine groups is 1. The van der Waals surface area contributed by atoms with E-state index in [4.69, 9.17) is 9.47 Å². The second kappa shape index (κ2) is 10.7. The molecular weight excluding hydrogens is 522 g/mol. The van der Waals surface area contributed by atoms with Gasteiger partial charge in [-0.3, -0.25) is 4.99 Å². The van der Waals surface area contributed by atoms with Crippen LogP contribution < -0.4 is 20.3 Å². The minimum atomic E-state index is -0.274. The van der Waals surface area contributed by atoms with E-state index >= 15 is 0 Å². The van der Waals surface area contributed by atoms with Gasteiger partial charge in [-0.15, -0.1) is 24.0 Å². The maximum Gasteiger partial charge on any atom is 0.191 e. The zero-order valence-corrected chi connectivity index (χ0v) is 21.2. The van der Waals surface area contributed by atoms with Crippen LogP contribution in [0.4, 0.5) is 10.1 Å². The van der Waals surface area contributed by atoms with Gasteiger partial charge in [0.2, 0.25) is 0 Å². The van der Waals surface area contributed by atoms with Crippen molar-refractivity contribution in [2.24, 2.45) is 4.99 Å². The molecule has 2 aromatic carbocycles. The first-order valence-corrected chi connectivity index (χ1v) is 10.8. The molecule has 0 aromatic heterocycles. The molecule has 0 spiro atoms. The van der Waals surface area contributed by atoms with Gasteiger partial charge in [-0.2, -0.15) is 0 Å². The molecule has 0 saturated carbocycles. The van der Waals surface area contributed by atoms with Crippen molar-refractivity contribution in [1.82, 2.24) is 10.6 Å². The summed E-state index contributed by atoms with van der Waals surface area (Å²) in [6, 6.07) is 13.6. The topological polar surface area (TPSA) is 58.1 Å². The third kappa shape index (κ3) is 5.83. The number of anilines is 1. The van der Waals surface area contributed by atoms with Crippen LogP contribution in [-0.2, 0) is 11.3 Å². The van der Waals surface area contributed by atoms with Gasteiger partial charge in [0.25, 0.3) is 0 Å². The molecule has 2 N–H and O–H groups in total. The number of rotatable bonds is 4. The molecular formula is C24H32FIN4O2. The van der Waals surface area contributed by atoms with Crippen molar-refractivity contribution in [3.63, 3.8) is 0 Å². The van der Waals surface area contributed by atoms with Crippen molar-refractivity contribution in [3.05, 3.63) is 59.4 Å². The predicted octanol–water partition coefficient (Wildman–Crippen LogP) is 4.25. The lowest BCUT2D eigenvalue weighted by Gasteiger charge is -2.38. The van der Waals surface area contributed by atoms with Crippen LogP contribution in [-0.4, -0.2) is 44.9 Å². The number of hydrogen-bond acceptors (Lipinski definition) is 4. The molecule has 0 amide bonds. The first-order valence-electron chi connectivity index (χ1n) is 10.8. The van der Waals surface area contributed by atoms with E-state index in [1.54, 1.807) is 13.1 Å². The van der Waals surface area contributed by atoms with Crippen LogP contribution in [0.3, 0.4) is 0 Å². The molecule has 2 heterocycles. The van der Waals surface area contributed by atoms with E-state index in [2.05, 4.69) is 35.5 Å². The van der Waals surface area contributed by atoms with Crippen molar-refractivity contribution < 1.29 is 13.9 Å². The number of morpholine rings is 1. The van der Waals surface area contributed by atoms with Gasteiger partial charge < -0.3 is 25.0 Å². The van der Waals surface area contributed by atoms with Crippen LogP contribution in [0.2, 0.25) is 0 Å². The van der Waals surface area contributed by atoms with Crippen molar-refractivity contribution in [3.8, 4) is 5.75 Å². The van der Waals surface area contributed by atoms with Crippen LogP contribution in [0, 0.1) is 5.82 Å². The maximum absolute atomic E-state index is 14.7.